The topological polar surface area (TPSA) is 111 Å². The van der Waals surface area contributed by atoms with Gasteiger partial charge in [-0.1, -0.05) is 41.6 Å². The Kier molecular flexibility index (Phi) is 4.68. The highest BCUT2D eigenvalue weighted by Crippen LogP contribution is 2.35. The summed E-state index contributed by atoms with van der Waals surface area (Å²) in [5.74, 6) is -0.199. The SMILES string of the molecule is O=C(CO/N=C1/C(c2c(O)[nH]c3ccccc23)=Nc2ccccc21)NC1CCNC1. The second-order valence-electron chi connectivity index (χ2n) is 7.34. The van der Waals surface area contributed by atoms with E-state index >= 15 is 0 Å². The van der Waals surface area contributed by atoms with Crippen LogP contribution in [-0.2, 0) is 9.63 Å². The van der Waals surface area contributed by atoms with Gasteiger partial charge >= 0.3 is 0 Å². The van der Waals surface area contributed by atoms with Crippen LogP contribution in [-0.4, -0.2) is 53.2 Å². The van der Waals surface area contributed by atoms with Crippen molar-refractivity contribution in [2.24, 2.45) is 10.1 Å². The van der Waals surface area contributed by atoms with Crippen molar-refractivity contribution in [1.82, 2.24) is 15.6 Å². The second kappa shape index (κ2) is 7.64. The highest BCUT2D eigenvalue weighted by molar-refractivity contribution is 6.58. The van der Waals surface area contributed by atoms with Crippen LogP contribution in [0.1, 0.15) is 17.5 Å². The van der Waals surface area contributed by atoms with E-state index in [0.717, 1.165) is 41.7 Å². The quantitative estimate of drug-likeness (QED) is 0.490. The van der Waals surface area contributed by atoms with Crippen LogP contribution in [0, 0.1) is 0 Å². The number of benzene rings is 2. The van der Waals surface area contributed by atoms with Crippen molar-refractivity contribution in [2.75, 3.05) is 19.7 Å². The number of hydrogen-bond donors (Lipinski definition) is 4. The second-order valence-corrected chi connectivity index (χ2v) is 7.34. The van der Waals surface area contributed by atoms with Crippen LogP contribution in [0.25, 0.3) is 10.9 Å². The Morgan fingerprint density at radius 2 is 2.07 bits per heavy atom. The summed E-state index contributed by atoms with van der Waals surface area (Å²) in [5, 5.41) is 21.8. The van der Waals surface area contributed by atoms with Gasteiger partial charge in [0.05, 0.1) is 11.3 Å². The highest BCUT2D eigenvalue weighted by Gasteiger charge is 2.29. The van der Waals surface area contributed by atoms with E-state index in [9.17, 15) is 9.90 Å². The first-order valence-corrected chi connectivity index (χ1v) is 9.89. The molecule has 2 aliphatic rings. The van der Waals surface area contributed by atoms with Crippen molar-refractivity contribution in [1.29, 1.82) is 0 Å². The van der Waals surface area contributed by atoms with Gasteiger partial charge in [0.2, 0.25) is 0 Å². The Hall–Kier alpha value is -3.65. The standard InChI is InChI=1S/C22H21N5O3/c28-18(24-13-9-10-23-11-13)12-30-27-20-15-6-2-4-8-17(15)25-21(20)19-14-5-1-3-7-16(14)26-22(19)29/h1-8,13,23,26,29H,9-12H2,(H,24,28)/b27-20+. The fraction of sp³-hybridized carbons (Fsp3) is 0.227. The summed E-state index contributed by atoms with van der Waals surface area (Å²) in [4.78, 5) is 25.2. The lowest BCUT2D eigenvalue weighted by atomic mass is 10.0. The van der Waals surface area contributed by atoms with E-state index in [1.165, 1.54) is 0 Å². The van der Waals surface area contributed by atoms with Crippen molar-refractivity contribution in [3.05, 3.63) is 59.7 Å². The maximum absolute atomic E-state index is 12.1. The summed E-state index contributed by atoms with van der Waals surface area (Å²) in [5.41, 5.74) is 3.88. The number of aromatic amines is 1. The van der Waals surface area contributed by atoms with Crippen molar-refractivity contribution < 1.29 is 14.7 Å². The van der Waals surface area contributed by atoms with Crippen molar-refractivity contribution >= 4 is 33.9 Å². The maximum atomic E-state index is 12.1. The van der Waals surface area contributed by atoms with Crippen molar-refractivity contribution in [3.8, 4) is 5.88 Å². The number of nitrogens with one attached hydrogen (secondary N) is 3. The Balaban J connectivity index is 1.44. The molecule has 3 heterocycles. The zero-order valence-electron chi connectivity index (χ0n) is 16.2. The number of carbonyl (C=O) groups excluding carboxylic acids is 1. The molecule has 8 heteroatoms. The molecule has 5 rings (SSSR count). The van der Waals surface area contributed by atoms with Gasteiger partial charge in [-0.3, -0.25) is 4.79 Å². The molecule has 1 saturated heterocycles. The highest BCUT2D eigenvalue weighted by atomic mass is 16.6. The summed E-state index contributed by atoms with van der Waals surface area (Å²) in [7, 11) is 0. The van der Waals surface area contributed by atoms with Crippen LogP contribution < -0.4 is 10.6 Å². The average Bonchev–Trinajstić information content (AvgIpc) is 3.45. The molecule has 1 fully saturated rings. The molecule has 4 N–H and O–H groups in total. The van der Waals surface area contributed by atoms with Gasteiger partial charge in [0, 0.05) is 29.1 Å². The van der Waals surface area contributed by atoms with Crippen LogP contribution in [0.2, 0.25) is 0 Å². The van der Waals surface area contributed by atoms with Gasteiger partial charge in [-0.2, -0.15) is 0 Å². The monoisotopic (exact) mass is 403 g/mol. The normalized spacial score (nSPS) is 19.1. The van der Waals surface area contributed by atoms with Crippen LogP contribution in [0.5, 0.6) is 5.88 Å². The predicted octanol–water partition coefficient (Wildman–Crippen LogP) is 2.21. The number of hydrogen-bond acceptors (Lipinski definition) is 6. The van der Waals surface area contributed by atoms with Gasteiger partial charge < -0.3 is 25.6 Å². The fourth-order valence-corrected chi connectivity index (χ4v) is 3.91. The molecule has 8 nitrogen and oxygen atoms in total. The Bertz CT molecular complexity index is 1170. The first-order chi connectivity index (χ1) is 14.7. The number of aromatic hydroxyl groups is 1. The zero-order valence-corrected chi connectivity index (χ0v) is 16.2. The number of carbonyl (C=O) groups is 1. The molecule has 0 spiro atoms. The lowest BCUT2D eigenvalue weighted by molar-refractivity contribution is -0.126. The minimum absolute atomic E-state index is 0.0157. The summed E-state index contributed by atoms with van der Waals surface area (Å²) in [6.07, 6.45) is 0.907. The smallest absolute Gasteiger partial charge is 0.261 e. The van der Waals surface area contributed by atoms with E-state index in [1.54, 1.807) is 0 Å². The van der Waals surface area contributed by atoms with Gasteiger partial charge in [0.1, 0.15) is 11.4 Å². The van der Waals surface area contributed by atoms with Crippen molar-refractivity contribution in [2.45, 2.75) is 12.5 Å². The van der Waals surface area contributed by atoms with E-state index in [4.69, 9.17) is 4.84 Å². The number of oxime groups is 1. The molecule has 1 unspecified atom stereocenters. The Labute approximate surface area is 172 Å². The van der Waals surface area contributed by atoms with Gasteiger partial charge in [-0.05, 0) is 25.1 Å². The number of H-pyrrole nitrogens is 1. The molecule has 0 bridgehead atoms. The van der Waals surface area contributed by atoms with Gasteiger partial charge in [0.25, 0.3) is 5.91 Å². The molecule has 2 aromatic carbocycles. The molecule has 1 amide bonds. The number of nitrogens with zero attached hydrogens (tertiary/aromatic N) is 2. The van der Waals surface area contributed by atoms with E-state index in [2.05, 4.69) is 25.8 Å². The average molecular weight is 403 g/mol. The number of aliphatic imine (C=N–C) groups is 1. The fourth-order valence-electron chi connectivity index (χ4n) is 3.91. The van der Waals surface area contributed by atoms with Crippen molar-refractivity contribution in [3.63, 3.8) is 0 Å². The van der Waals surface area contributed by atoms with E-state index in [1.807, 2.05) is 48.5 Å². The predicted molar refractivity (Wildman–Crippen MR) is 115 cm³/mol. The first kappa shape index (κ1) is 18.4. The number of fused-ring (bicyclic) bond motifs is 2. The molecule has 0 aliphatic carbocycles. The number of para-hydroxylation sites is 2. The van der Waals surface area contributed by atoms with Crippen LogP contribution >= 0.6 is 0 Å². The van der Waals surface area contributed by atoms with E-state index in [-0.39, 0.29) is 24.4 Å². The number of rotatable bonds is 5. The van der Waals surface area contributed by atoms with E-state index < -0.39 is 0 Å². The molecular formula is C22H21N5O3. The van der Waals surface area contributed by atoms with Crippen LogP contribution in [0.4, 0.5) is 5.69 Å². The molecule has 3 aromatic rings. The minimum Gasteiger partial charge on any atom is -0.494 e. The van der Waals surface area contributed by atoms with Crippen LogP contribution in [0.15, 0.2) is 58.7 Å². The minimum atomic E-state index is -0.215. The molecule has 30 heavy (non-hydrogen) atoms. The maximum Gasteiger partial charge on any atom is 0.261 e. The van der Waals surface area contributed by atoms with E-state index in [0.29, 0.717) is 17.0 Å². The van der Waals surface area contributed by atoms with Gasteiger partial charge in [-0.25, -0.2) is 4.99 Å². The molecule has 1 aromatic heterocycles. The lowest BCUT2D eigenvalue weighted by Crippen LogP contribution is -2.38. The number of amides is 1. The Morgan fingerprint density at radius 1 is 1.23 bits per heavy atom. The molecule has 152 valence electrons. The zero-order chi connectivity index (χ0) is 20.5. The summed E-state index contributed by atoms with van der Waals surface area (Å²) in [6, 6.07) is 15.3. The third-order valence-corrected chi connectivity index (χ3v) is 5.32. The van der Waals surface area contributed by atoms with Gasteiger partial charge in [-0.15, -0.1) is 0 Å². The summed E-state index contributed by atoms with van der Waals surface area (Å²) >= 11 is 0. The summed E-state index contributed by atoms with van der Waals surface area (Å²) in [6.45, 7) is 1.48. The number of aromatic nitrogens is 1. The van der Waals surface area contributed by atoms with Gasteiger partial charge in [0.15, 0.2) is 12.5 Å². The molecule has 0 radical (unpaired) electrons. The molecule has 1 atom stereocenters. The third-order valence-electron chi connectivity index (χ3n) is 5.32. The largest absolute Gasteiger partial charge is 0.494 e. The lowest BCUT2D eigenvalue weighted by Gasteiger charge is -2.10. The summed E-state index contributed by atoms with van der Waals surface area (Å²) < 4.78 is 0. The molecular weight excluding hydrogens is 382 g/mol. The molecule has 2 aliphatic heterocycles. The first-order valence-electron chi connectivity index (χ1n) is 9.89. The van der Waals surface area contributed by atoms with Crippen LogP contribution in [0.3, 0.4) is 0 Å². The Morgan fingerprint density at radius 3 is 2.93 bits per heavy atom. The molecule has 0 saturated carbocycles. The third kappa shape index (κ3) is 3.31.